The molecule has 31 heavy (non-hydrogen) atoms. The Kier molecular flexibility index (Phi) is 6.17. The quantitative estimate of drug-likeness (QED) is 0.259. The van der Waals surface area contributed by atoms with E-state index in [1.807, 2.05) is 6.07 Å². The molecule has 0 bridgehead atoms. The second kappa shape index (κ2) is 9.17. The zero-order chi connectivity index (χ0) is 21.8. The third kappa shape index (κ3) is 4.85. The number of thioether (sulfide) groups is 1. The molecule has 2 aromatic heterocycles. The second-order valence-electron chi connectivity index (χ2n) is 7.14. The predicted octanol–water partition coefficient (Wildman–Crippen LogP) is 3.40. The number of aromatic nitrogens is 2. The lowest BCUT2D eigenvalue weighted by molar-refractivity contribution is -0.384. The highest BCUT2D eigenvalue weighted by Gasteiger charge is 2.21. The molecule has 3 aromatic rings. The normalized spacial score (nSPS) is 12.9. The first-order valence-electron chi connectivity index (χ1n) is 9.83. The number of nitrogens with one attached hydrogen (secondary N) is 1. The summed E-state index contributed by atoms with van der Waals surface area (Å²) in [6.45, 7) is 0.340. The maximum atomic E-state index is 12.7. The highest BCUT2D eigenvalue weighted by Crippen LogP contribution is 2.29. The van der Waals surface area contributed by atoms with Gasteiger partial charge >= 0.3 is 5.69 Å². The van der Waals surface area contributed by atoms with E-state index < -0.39 is 4.92 Å². The molecule has 0 saturated carbocycles. The molecule has 0 saturated heterocycles. The molecule has 2 heterocycles. The van der Waals surface area contributed by atoms with E-state index in [1.165, 1.54) is 36.0 Å². The number of nitro groups is 1. The van der Waals surface area contributed by atoms with Gasteiger partial charge in [0.25, 0.3) is 5.69 Å². The van der Waals surface area contributed by atoms with Crippen molar-refractivity contribution in [3.05, 3.63) is 80.3 Å². The number of fused-ring (bicyclic) bond motifs is 1. The van der Waals surface area contributed by atoms with Crippen LogP contribution in [0.4, 0.5) is 11.4 Å². The SMILES string of the molecule is O=C(CSc1nc(=O)n(Cc2ccco2)c2c1CCCC2)Nc1ccc([N+](=O)[O-])cc1. The topological polar surface area (TPSA) is 120 Å². The van der Waals surface area contributed by atoms with Crippen LogP contribution in [0.25, 0.3) is 0 Å². The molecule has 9 nitrogen and oxygen atoms in total. The molecule has 10 heteroatoms. The molecule has 0 unspecified atom stereocenters. The van der Waals surface area contributed by atoms with Gasteiger partial charge in [-0.05, 0) is 49.9 Å². The van der Waals surface area contributed by atoms with Gasteiger partial charge in [0, 0.05) is 29.1 Å². The minimum atomic E-state index is -0.496. The number of furan rings is 1. The molecule has 0 spiro atoms. The lowest BCUT2D eigenvalue weighted by Crippen LogP contribution is -2.30. The first kappa shape index (κ1) is 20.9. The zero-order valence-corrected chi connectivity index (χ0v) is 17.4. The number of rotatable bonds is 7. The van der Waals surface area contributed by atoms with Crippen molar-refractivity contribution in [2.24, 2.45) is 0 Å². The fraction of sp³-hybridized carbons (Fsp3) is 0.286. The van der Waals surface area contributed by atoms with Crippen molar-refractivity contribution in [1.29, 1.82) is 0 Å². The third-order valence-electron chi connectivity index (χ3n) is 5.05. The summed E-state index contributed by atoms with van der Waals surface area (Å²) in [4.78, 5) is 39.5. The Balaban J connectivity index is 1.48. The maximum Gasteiger partial charge on any atom is 0.349 e. The number of carbonyl (C=O) groups is 1. The Labute approximate surface area is 181 Å². The molecular weight excluding hydrogens is 420 g/mol. The van der Waals surface area contributed by atoms with Crippen molar-refractivity contribution in [2.75, 3.05) is 11.1 Å². The first-order valence-corrected chi connectivity index (χ1v) is 10.8. The molecule has 0 fully saturated rings. The Morgan fingerprint density at radius 3 is 2.71 bits per heavy atom. The lowest BCUT2D eigenvalue weighted by atomic mass is 9.97. The minimum Gasteiger partial charge on any atom is -0.467 e. The first-order chi connectivity index (χ1) is 15.0. The molecule has 1 aliphatic rings. The van der Waals surface area contributed by atoms with Gasteiger partial charge in [0.1, 0.15) is 10.8 Å². The number of hydrogen-bond donors (Lipinski definition) is 1. The summed E-state index contributed by atoms with van der Waals surface area (Å²) < 4.78 is 7.05. The van der Waals surface area contributed by atoms with E-state index in [0.29, 0.717) is 23.0 Å². The molecule has 0 radical (unpaired) electrons. The van der Waals surface area contributed by atoms with Crippen molar-refractivity contribution in [1.82, 2.24) is 9.55 Å². The van der Waals surface area contributed by atoms with E-state index >= 15 is 0 Å². The number of nitro benzene ring substituents is 1. The third-order valence-corrected chi connectivity index (χ3v) is 6.06. The van der Waals surface area contributed by atoms with Crippen LogP contribution in [0.5, 0.6) is 0 Å². The number of carbonyl (C=O) groups excluding carboxylic acids is 1. The van der Waals surface area contributed by atoms with E-state index in [1.54, 1.807) is 16.9 Å². The number of anilines is 1. The molecule has 4 rings (SSSR count). The molecule has 1 aliphatic carbocycles. The summed E-state index contributed by atoms with van der Waals surface area (Å²) in [6.07, 6.45) is 5.19. The average molecular weight is 440 g/mol. The predicted molar refractivity (Wildman–Crippen MR) is 115 cm³/mol. The summed E-state index contributed by atoms with van der Waals surface area (Å²) in [7, 11) is 0. The largest absolute Gasteiger partial charge is 0.467 e. The van der Waals surface area contributed by atoms with Crippen LogP contribution in [0.15, 0.2) is 56.9 Å². The average Bonchev–Trinajstić information content (AvgIpc) is 3.28. The molecule has 0 atom stereocenters. The second-order valence-corrected chi connectivity index (χ2v) is 8.10. The number of amides is 1. The van der Waals surface area contributed by atoms with Crippen LogP contribution < -0.4 is 11.0 Å². The fourth-order valence-electron chi connectivity index (χ4n) is 3.59. The van der Waals surface area contributed by atoms with Gasteiger partial charge in [-0.2, -0.15) is 4.98 Å². The number of hydrogen-bond acceptors (Lipinski definition) is 7. The smallest absolute Gasteiger partial charge is 0.349 e. The summed E-state index contributed by atoms with van der Waals surface area (Å²) in [6, 6.07) is 9.24. The van der Waals surface area contributed by atoms with Crippen LogP contribution in [-0.4, -0.2) is 26.1 Å². The molecule has 160 valence electrons. The van der Waals surface area contributed by atoms with Crippen LogP contribution >= 0.6 is 11.8 Å². The van der Waals surface area contributed by atoms with Crippen LogP contribution in [0.1, 0.15) is 29.9 Å². The Hall–Kier alpha value is -3.40. The fourth-order valence-corrected chi connectivity index (χ4v) is 4.46. The van der Waals surface area contributed by atoms with Gasteiger partial charge in [0.15, 0.2) is 0 Å². The molecule has 0 aliphatic heterocycles. The molecule has 1 amide bonds. The molecular formula is C21H20N4O5S. The van der Waals surface area contributed by atoms with Crippen molar-refractivity contribution in [3.63, 3.8) is 0 Å². The van der Waals surface area contributed by atoms with E-state index in [2.05, 4.69) is 10.3 Å². The van der Waals surface area contributed by atoms with E-state index in [4.69, 9.17) is 4.42 Å². The molecule has 1 aromatic carbocycles. The van der Waals surface area contributed by atoms with E-state index in [9.17, 15) is 19.7 Å². The Morgan fingerprint density at radius 2 is 2.00 bits per heavy atom. The lowest BCUT2D eigenvalue weighted by Gasteiger charge is -2.22. The van der Waals surface area contributed by atoms with Crippen LogP contribution in [0.3, 0.4) is 0 Å². The highest BCUT2D eigenvalue weighted by atomic mass is 32.2. The standard InChI is InChI=1S/C21H20N4O5S/c26-19(22-14-7-9-15(10-8-14)25(28)29)13-31-20-17-5-1-2-6-18(17)24(21(27)23-20)12-16-4-3-11-30-16/h3-4,7-11H,1-2,5-6,12-13H2,(H,22,26). The van der Waals surface area contributed by atoms with Crippen LogP contribution in [0, 0.1) is 10.1 Å². The van der Waals surface area contributed by atoms with Crippen molar-refractivity contribution >= 4 is 29.0 Å². The zero-order valence-electron chi connectivity index (χ0n) is 16.6. The van der Waals surface area contributed by atoms with Crippen molar-refractivity contribution < 1.29 is 14.1 Å². The highest BCUT2D eigenvalue weighted by molar-refractivity contribution is 8.00. The summed E-state index contributed by atoms with van der Waals surface area (Å²) in [5.74, 6) is 0.502. The number of nitrogens with zero attached hydrogens (tertiary/aromatic N) is 3. The van der Waals surface area contributed by atoms with Crippen LogP contribution in [0.2, 0.25) is 0 Å². The Morgan fingerprint density at radius 1 is 1.23 bits per heavy atom. The van der Waals surface area contributed by atoms with Gasteiger partial charge in [-0.15, -0.1) is 0 Å². The van der Waals surface area contributed by atoms with Crippen molar-refractivity contribution in [2.45, 2.75) is 37.3 Å². The van der Waals surface area contributed by atoms with Gasteiger partial charge in [0.2, 0.25) is 5.91 Å². The monoisotopic (exact) mass is 440 g/mol. The summed E-state index contributed by atoms with van der Waals surface area (Å²) >= 11 is 1.23. The summed E-state index contributed by atoms with van der Waals surface area (Å²) in [5.41, 5.74) is 2.06. The van der Waals surface area contributed by atoms with E-state index in [0.717, 1.165) is 36.9 Å². The molecule has 1 N–H and O–H groups in total. The van der Waals surface area contributed by atoms with Gasteiger partial charge in [0.05, 0.1) is 23.5 Å². The van der Waals surface area contributed by atoms with Crippen molar-refractivity contribution in [3.8, 4) is 0 Å². The van der Waals surface area contributed by atoms with Crippen LogP contribution in [-0.2, 0) is 24.2 Å². The van der Waals surface area contributed by atoms with E-state index in [-0.39, 0.29) is 23.0 Å². The maximum absolute atomic E-state index is 12.7. The van der Waals surface area contributed by atoms with Gasteiger partial charge in [-0.25, -0.2) is 4.79 Å². The van der Waals surface area contributed by atoms with Gasteiger partial charge in [-0.1, -0.05) is 11.8 Å². The number of benzene rings is 1. The van der Waals surface area contributed by atoms with Gasteiger partial charge in [-0.3, -0.25) is 19.5 Å². The van der Waals surface area contributed by atoms with Gasteiger partial charge < -0.3 is 9.73 Å². The Bertz CT molecular complexity index is 1160. The number of non-ortho nitro benzene ring substituents is 1. The minimum absolute atomic E-state index is 0.0432. The summed E-state index contributed by atoms with van der Waals surface area (Å²) in [5, 5.41) is 14.0.